The molecule has 5 heteroatoms. The minimum atomic E-state index is 0.116. The van der Waals surface area contributed by atoms with E-state index in [9.17, 15) is 0 Å². The molecular formula is C12H19N3O2. The van der Waals surface area contributed by atoms with E-state index < -0.39 is 0 Å². The van der Waals surface area contributed by atoms with Crippen molar-refractivity contribution < 1.29 is 9.94 Å². The quantitative estimate of drug-likeness (QED) is 0.257. The van der Waals surface area contributed by atoms with Crippen molar-refractivity contribution in [2.45, 2.75) is 6.92 Å². The van der Waals surface area contributed by atoms with Gasteiger partial charge in [0.05, 0.1) is 6.61 Å². The van der Waals surface area contributed by atoms with Gasteiger partial charge in [-0.2, -0.15) is 0 Å². The molecule has 0 aromatic heterocycles. The van der Waals surface area contributed by atoms with Crippen LogP contribution >= 0.6 is 0 Å². The first-order valence-electron chi connectivity index (χ1n) is 5.56. The van der Waals surface area contributed by atoms with Gasteiger partial charge in [0, 0.05) is 31.5 Å². The number of hydrogen-bond acceptors (Lipinski definition) is 4. The largest absolute Gasteiger partial charge is 0.409 e. The van der Waals surface area contributed by atoms with Crippen LogP contribution in [-0.2, 0) is 4.74 Å². The van der Waals surface area contributed by atoms with Gasteiger partial charge in [-0.05, 0) is 19.1 Å². The number of amidine groups is 1. The second-order valence-corrected chi connectivity index (χ2v) is 3.65. The summed E-state index contributed by atoms with van der Waals surface area (Å²) in [6.07, 6.45) is 0. The topological polar surface area (TPSA) is 71.1 Å². The van der Waals surface area contributed by atoms with Crippen LogP contribution in [0, 0.1) is 0 Å². The van der Waals surface area contributed by atoms with Crippen molar-refractivity contribution in [3.8, 4) is 0 Å². The van der Waals surface area contributed by atoms with Crippen LogP contribution < -0.4 is 10.6 Å². The minimum Gasteiger partial charge on any atom is -0.409 e. The van der Waals surface area contributed by atoms with Crippen LogP contribution in [0.4, 0.5) is 5.69 Å². The molecule has 0 aliphatic heterocycles. The Bertz CT molecular complexity index is 380. The Hall–Kier alpha value is -1.75. The van der Waals surface area contributed by atoms with E-state index in [0.717, 1.165) is 18.8 Å². The summed E-state index contributed by atoms with van der Waals surface area (Å²) >= 11 is 0. The van der Waals surface area contributed by atoms with E-state index >= 15 is 0 Å². The molecule has 0 spiro atoms. The summed E-state index contributed by atoms with van der Waals surface area (Å²) in [7, 11) is 1.98. The number of oxime groups is 1. The number of anilines is 1. The summed E-state index contributed by atoms with van der Waals surface area (Å²) in [4.78, 5) is 2.06. The van der Waals surface area contributed by atoms with E-state index in [1.807, 2.05) is 32.2 Å². The number of hydrogen-bond donors (Lipinski definition) is 2. The van der Waals surface area contributed by atoms with Gasteiger partial charge in [-0.1, -0.05) is 17.3 Å². The van der Waals surface area contributed by atoms with Crippen LogP contribution in [-0.4, -0.2) is 37.8 Å². The zero-order chi connectivity index (χ0) is 12.7. The standard InChI is InChI=1S/C12H19N3O2/c1-3-17-8-7-15(2)11-6-4-5-10(9-11)12(13)14-16/h4-6,9,16H,3,7-8H2,1-2H3,(H2,13,14). The molecule has 0 heterocycles. The Morgan fingerprint density at radius 1 is 1.53 bits per heavy atom. The minimum absolute atomic E-state index is 0.116. The van der Waals surface area contributed by atoms with Crippen molar-refractivity contribution in [2.75, 3.05) is 31.7 Å². The van der Waals surface area contributed by atoms with Gasteiger partial charge in [0.1, 0.15) is 0 Å². The van der Waals surface area contributed by atoms with E-state index in [1.54, 1.807) is 6.07 Å². The Morgan fingerprint density at radius 3 is 2.94 bits per heavy atom. The SMILES string of the molecule is CCOCCN(C)c1cccc(C(N)=NO)c1. The highest BCUT2D eigenvalue weighted by Gasteiger charge is 2.04. The number of rotatable bonds is 6. The fourth-order valence-corrected chi connectivity index (χ4v) is 1.44. The monoisotopic (exact) mass is 237 g/mol. The zero-order valence-corrected chi connectivity index (χ0v) is 10.3. The zero-order valence-electron chi connectivity index (χ0n) is 10.3. The molecule has 0 aliphatic carbocycles. The second-order valence-electron chi connectivity index (χ2n) is 3.65. The molecule has 0 aliphatic rings. The highest BCUT2D eigenvalue weighted by Crippen LogP contribution is 2.14. The molecule has 17 heavy (non-hydrogen) atoms. The summed E-state index contributed by atoms with van der Waals surface area (Å²) < 4.78 is 5.29. The average molecular weight is 237 g/mol. The molecule has 1 aromatic carbocycles. The summed E-state index contributed by atoms with van der Waals surface area (Å²) in [6, 6.07) is 7.52. The van der Waals surface area contributed by atoms with Crippen molar-refractivity contribution in [1.29, 1.82) is 0 Å². The highest BCUT2D eigenvalue weighted by molar-refractivity contribution is 5.97. The molecule has 1 rings (SSSR count). The number of likely N-dealkylation sites (N-methyl/N-ethyl adjacent to an activating group) is 1. The number of benzene rings is 1. The van der Waals surface area contributed by atoms with E-state index in [4.69, 9.17) is 15.7 Å². The third-order valence-corrected chi connectivity index (χ3v) is 2.47. The summed E-state index contributed by atoms with van der Waals surface area (Å²) in [5.41, 5.74) is 7.25. The first kappa shape index (κ1) is 13.3. The second kappa shape index (κ2) is 6.75. The fourth-order valence-electron chi connectivity index (χ4n) is 1.44. The van der Waals surface area contributed by atoms with Crippen LogP contribution in [0.5, 0.6) is 0 Å². The number of nitrogens with two attached hydrogens (primary N) is 1. The summed E-state index contributed by atoms with van der Waals surface area (Å²) in [6.45, 7) is 4.17. The summed E-state index contributed by atoms with van der Waals surface area (Å²) in [5, 5.41) is 11.6. The highest BCUT2D eigenvalue weighted by atomic mass is 16.5. The Morgan fingerprint density at radius 2 is 2.29 bits per heavy atom. The van der Waals surface area contributed by atoms with Crippen molar-refractivity contribution >= 4 is 11.5 Å². The predicted molar refractivity (Wildman–Crippen MR) is 68.7 cm³/mol. The molecule has 0 saturated carbocycles. The molecule has 0 amide bonds. The number of ether oxygens (including phenoxy) is 1. The van der Waals surface area contributed by atoms with E-state index in [1.165, 1.54) is 0 Å². The number of nitrogens with zero attached hydrogens (tertiary/aromatic N) is 2. The maximum absolute atomic E-state index is 8.62. The normalized spacial score (nSPS) is 11.5. The van der Waals surface area contributed by atoms with Gasteiger partial charge in [-0.25, -0.2) is 0 Å². The lowest BCUT2D eigenvalue weighted by molar-refractivity contribution is 0.154. The van der Waals surface area contributed by atoms with Crippen LogP contribution in [0.1, 0.15) is 12.5 Å². The first-order chi connectivity index (χ1) is 8.19. The summed E-state index contributed by atoms with van der Waals surface area (Å²) in [5.74, 6) is 0.116. The van der Waals surface area contributed by atoms with Gasteiger partial charge in [-0.3, -0.25) is 0 Å². The van der Waals surface area contributed by atoms with Crippen molar-refractivity contribution in [2.24, 2.45) is 10.9 Å². The van der Waals surface area contributed by atoms with Crippen molar-refractivity contribution in [3.63, 3.8) is 0 Å². The lowest BCUT2D eigenvalue weighted by Gasteiger charge is -2.19. The lowest BCUT2D eigenvalue weighted by atomic mass is 10.2. The molecule has 94 valence electrons. The van der Waals surface area contributed by atoms with Gasteiger partial charge in [0.25, 0.3) is 0 Å². The lowest BCUT2D eigenvalue weighted by Crippen LogP contribution is -2.23. The van der Waals surface area contributed by atoms with Crippen molar-refractivity contribution in [3.05, 3.63) is 29.8 Å². The van der Waals surface area contributed by atoms with Gasteiger partial charge in [0.15, 0.2) is 5.84 Å². The molecule has 0 atom stereocenters. The van der Waals surface area contributed by atoms with Crippen LogP contribution in [0.2, 0.25) is 0 Å². The van der Waals surface area contributed by atoms with E-state index in [-0.39, 0.29) is 5.84 Å². The molecule has 0 radical (unpaired) electrons. The van der Waals surface area contributed by atoms with E-state index in [2.05, 4.69) is 10.1 Å². The smallest absolute Gasteiger partial charge is 0.170 e. The van der Waals surface area contributed by atoms with Crippen LogP contribution in [0.25, 0.3) is 0 Å². The van der Waals surface area contributed by atoms with Gasteiger partial charge in [-0.15, -0.1) is 0 Å². The first-order valence-corrected chi connectivity index (χ1v) is 5.56. The third kappa shape index (κ3) is 3.96. The van der Waals surface area contributed by atoms with Crippen molar-refractivity contribution in [1.82, 2.24) is 0 Å². The molecule has 5 nitrogen and oxygen atoms in total. The Labute approximate surface area is 101 Å². The average Bonchev–Trinajstić information content (AvgIpc) is 2.38. The Kier molecular flexibility index (Phi) is 5.29. The fraction of sp³-hybridized carbons (Fsp3) is 0.417. The van der Waals surface area contributed by atoms with Crippen LogP contribution in [0.3, 0.4) is 0 Å². The molecule has 0 bridgehead atoms. The third-order valence-electron chi connectivity index (χ3n) is 2.47. The predicted octanol–water partition coefficient (Wildman–Crippen LogP) is 1.25. The maximum atomic E-state index is 8.62. The van der Waals surface area contributed by atoms with E-state index in [0.29, 0.717) is 12.2 Å². The van der Waals surface area contributed by atoms with Gasteiger partial charge >= 0.3 is 0 Å². The van der Waals surface area contributed by atoms with Gasteiger partial charge < -0.3 is 20.6 Å². The molecule has 1 aromatic rings. The van der Waals surface area contributed by atoms with Crippen LogP contribution in [0.15, 0.2) is 29.4 Å². The molecule has 0 saturated heterocycles. The molecule has 0 fully saturated rings. The molecular weight excluding hydrogens is 218 g/mol. The maximum Gasteiger partial charge on any atom is 0.170 e. The molecule has 3 N–H and O–H groups in total. The molecule has 0 unspecified atom stereocenters. The Balaban J connectivity index is 2.70. The van der Waals surface area contributed by atoms with Gasteiger partial charge in [0.2, 0.25) is 0 Å².